The maximum atomic E-state index is 12.5. The SMILES string of the molecule is CCC(=O)N[C@@]1(C)CCOC2(CCN(C(=O)CCc3cc(=O)[nH]o3)CC2)[C@@H]1O. The molecule has 9 heteroatoms. The van der Waals surface area contributed by atoms with Gasteiger partial charge in [0.2, 0.25) is 11.8 Å². The lowest BCUT2D eigenvalue weighted by molar-refractivity contribution is -0.208. The van der Waals surface area contributed by atoms with Crippen molar-refractivity contribution in [2.24, 2.45) is 0 Å². The molecule has 0 aromatic carbocycles. The maximum Gasteiger partial charge on any atom is 0.280 e. The Labute approximate surface area is 163 Å². The number of aryl methyl sites for hydroxylation is 1. The largest absolute Gasteiger partial charge is 0.388 e. The third-order valence-electron chi connectivity index (χ3n) is 5.98. The van der Waals surface area contributed by atoms with Crippen LogP contribution in [0.3, 0.4) is 0 Å². The van der Waals surface area contributed by atoms with Crippen molar-refractivity contribution in [1.29, 1.82) is 0 Å². The highest BCUT2D eigenvalue weighted by atomic mass is 16.5. The Hall–Kier alpha value is -2.13. The van der Waals surface area contributed by atoms with Crippen LogP contribution in [0.15, 0.2) is 15.4 Å². The molecule has 2 aliphatic heterocycles. The van der Waals surface area contributed by atoms with E-state index in [9.17, 15) is 19.5 Å². The van der Waals surface area contributed by atoms with E-state index in [1.165, 1.54) is 6.07 Å². The summed E-state index contributed by atoms with van der Waals surface area (Å²) in [5.41, 5.74) is -1.80. The van der Waals surface area contributed by atoms with Crippen molar-refractivity contribution in [3.05, 3.63) is 22.2 Å². The molecule has 0 radical (unpaired) electrons. The summed E-state index contributed by atoms with van der Waals surface area (Å²) in [5.74, 6) is 0.342. The molecule has 0 aliphatic carbocycles. The van der Waals surface area contributed by atoms with Crippen molar-refractivity contribution in [3.63, 3.8) is 0 Å². The fourth-order valence-corrected chi connectivity index (χ4v) is 4.19. The first-order chi connectivity index (χ1) is 13.3. The van der Waals surface area contributed by atoms with Crippen LogP contribution in [0.25, 0.3) is 0 Å². The lowest BCUT2D eigenvalue weighted by Crippen LogP contribution is -2.69. The number of aromatic nitrogens is 1. The summed E-state index contributed by atoms with van der Waals surface area (Å²) in [6, 6.07) is 1.34. The Balaban J connectivity index is 1.57. The molecule has 2 saturated heterocycles. The first-order valence-electron chi connectivity index (χ1n) is 9.86. The molecular weight excluding hydrogens is 366 g/mol. The summed E-state index contributed by atoms with van der Waals surface area (Å²) in [6.45, 7) is 5.05. The number of piperidine rings is 1. The molecular formula is C19H29N3O6. The molecule has 1 aromatic heterocycles. The highest BCUT2D eigenvalue weighted by Gasteiger charge is 2.53. The average Bonchev–Trinajstić information content (AvgIpc) is 3.10. The van der Waals surface area contributed by atoms with Gasteiger partial charge in [0.15, 0.2) is 0 Å². The first kappa shape index (κ1) is 20.6. The van der Waals surface area contributed by atoms with Crippen molar-refractivity contribution in [2.75, 3.05) is 19.7 Å². The van der Waals surface area contributed by atoms with E-state index < -0.39 is 17.2 Å². The normalized spacial score (nSPS) is 27.0. The number of carbonyl (C=O) groups is 2. The zero-order valence-electron chi connectivity index (χ0n) is 16.5. The molecule has 3 heterocycles. The lowest BCUT2D eigenvalue weighted by atomic mass is 9.73. The van der Waals surface area contributed by atoms with Gasteiger partial charge in [-0.1, -0.05) is 6.92 Å². The number of hydrogen-bond acceptors (Lipinski definition) is 6. The second-order valence-corrected chi connectivity index (χ2v) is 7.94. The van der Waals surface area contributed by atoms with E-state index >= 15 is 0 Å². The van der Waals surface area contributed by atoms with E-state index in [1.807, 2.05) is 6.92 Å². The van der Waals surface area contributed by atoms with E-state index in [0.717, 1.165) is 0 Å². The predicted molar refractivity (Wildman–Crippen MR) is 99.6 cm³/mol. The van der Waals surface area contributed by atoms with Gasteiger partial charge in [0.25, 0.3) is 5.56 Å². The second kappa shape index (κ2) is 8.08. The summed E-state index contributed by atoms with van der Waals surface area (Å²) in [5, 5.41) is 16.2. The number of hydrogen-bond donors (Lipinski definition) is 3. The van der Waals surface area contributed by atoms with Crippen LogP contribution in [-0.2, 0) is 20.7 Å². The number of nitrogens with zero attached hydrogens (tertiary/aromatic N) is 1. The Morgan fingerprint density at radius 1 is 1.36 bits per heavy atom. The van der Waals surface area contributed by atoms with Gasteiger partial charge in [0.05, 0.1) is 11.1 Å². The molecule has 0 saturated carbocycles. The Bertz CT molecular complexity index is 764. The molecule has 2 aliphatic rings. The molecule has 0 unspecified atom stereocenters. The molecule has 3 rings (SSSR count). The van der Waals surface area contributed by atoms with Crippen LogP contribution >= 0.6 is 0 Å². The average molecular weight is 395 g/mol. The van der Waals surface area contributed by atoms with Crippen LogP contribution in [0, 0.1) is 0 Å². The van der Waals surface area contributed by atoms with Gasteiger partial charge in [-0.2, -0.15) is 5.16 Å². The van der Waals surface area contributed by atoms with E-state index in [2.05, 4.69) is 10.5 Å². The third kappa shape index (κ3) is 4.15. The fourth-order valence-electron chi connectivity index (χ4n) is 4.19. The van der Waals surface area contributed by atoms with Gasteiger partial charge in [-0.3, -0.25) is 14.4 Å². The number of aliphatic hydroxyl groups excluding tert-OH is 1. The molecule has 28 heavy (non-hydrogen) atoms. The van der Waals surface area contributed by atoms with Crippen molar-refractivity contribution < 1.29 is 24.0 Å². The number of carbonyl (C=O) groups excluding carboxylic acids is 2. The van der Waals surface area contributed by atoms with Crippen LogP contribution in [0.4, 0.5) is 0 Å². The van der Waals surface area contributed by atoms with Crippen molar-refractivity contribution in [3.8, 4) is 0 Å². The molecule has 0 bridgehead atoms. The molecule has 156 valence electrons. The van der Waals surface area contributed by atoms with Gasteiger partial charge in [0.1, 0.15) is 11.9 Å². The molecule has 1 spiro atoms. The first-order valence-corrected chi connectivity index (χ1v) is 9.86. The topological polar surface area (TPSA) is 125 Å². The smallest absolute Gasteiger partial charge is 0.280 e. The number of likely N-dealkylation sites (tertiary alicyclic amines) is 1. The fraction of sp³-hybridized carbons (Fsp3) is 0.737. The summed E-state index contributed by atoms with van der Waals surface area (Å²) < 4.78 is 11.0. The standard InChI is InChI=1S/C19H29N3O6/c1-3-14(23)20-18(2)8-11-27-19(17(18)26)6-9-22(10-7-19)16(25)5-4-13-12-15(24)21-28-13/h12,17,26H,3-11H2,1-2H3,(H,20,23)(H,21,24)/t17-,18+/m1/s1. The Morgan fingerprint density at radius 3 is 2.68 bits per heavy atom. The number of aromatic amines is 1. The highest BCUT2D eigenvalue weighted by molar-refractivity contribution is 5.77. The molecule has 1 aromatic rings. The van der Waals surface area contributed by atoms with Crippen molar-refractivity contribution in [2.45, 2.75) is 69.6 Å². The minimum atomic E-state index is -0.837. The number of H-pyrrole nitrogens is 1. The van der Waals surface area contributed by atoms with Gasteiger partial charge in [-0.25, -0.2) is 0 Å². The van der Waals surface area contributed by atoms with Gasteiger partial charge in [-0.05, 0) is 26.2 Å². The van der Waals surface area contributed by atoms with Crippen molar-refractivity contribution in [1.82, 2.24) is 15.4 Å². The minimum absolute atomic E-state index is 0.0222. The zero-order valence-corrected chi connectivity index (χ0v) is 16.5. The monoisotopic (exact) mass is 395 g/mol. The molecule has 2 amide bonds. The van der Waals surface area contributed by atoms with Gasteiger partial charge in [0, 0.05) is 45.0 Å². The Kier molecular flexibility index (Phi) is 5.95. The quantitative estimate of drug-likeness (QED) is 0.660. The van der Waals surface area contributed by atoms with Gasteiger partial charge >= 0.3 is 0 Å². The summed E-state index contributed by atoms with van der Waals surface area (Å²) in [7, 11) is 0. The van der Waals surface area contributed by atoms with Crippen LogP contribution in [0.2, 0.25) is 0 Å². The molecule has 9 nitrogen and oxygen atoms in total. The van der Waals surface area contributed by atoms with E-state index in [4.69, 9.17) is 9.26 Å². The van der Waals surface area contributed by atoms with E-state index in [1.54, 1.807) is 11.8 Å². The number of amides is 2. The van der Waals surface area contributed by atoms with Crippen molar-refractivity contribution >= 4 is 11.8 Å². The minimum Gasteiger partial charge on any atom is -0.388 e. The highest BCUT2D eigenvalue weighted by Crippen LogP contribution is 2.40. The molecule has 3 N–H and O–H groups in total. The number of rotatable bonds is 5. The van der Waals surface area contributed by atoms with E-state index in [-0.39, 0.29) is 23.8 Å². The van der Waals surface area contributed by atoms with Gasteiger partial charge < -0.3 is 24.6 Å². The maximum absolute atomic E-state index is 12.5. The predicted octanol–water partition coefficient (Wildman–Crippen LogP) is 0.328. The van der Waals surface area contributed by atoms with Crippen LogP contribution in [0.5, 0.6) is 0 Å². The van der Waals surface area contributed by atoms with Crippen LogP contribution in [-0.4, -0.2) is 63.9 Å². The molecule has 2 atom stereocenters. The van der Waals surface area contributed by atoms with Crippen LogP contribution in [0.1, 0.15) is 51.7 Å². The lowest BCUT2D eigenvalue weighted by Gasteiger charge is -2.53. The Morgan fingerprint density at radius 2 is 2.07 bits per heavy atom. The summed E-state index contributed by atoms with van der Waals surface area (Å²) >= 11 is 0. The summed E-state index contributed by atoms with van der Waals surface area (Å²) in [4.78, 5) is 37.2. The van der Waals surface area contributed by atoms with Crippen LogP contribution < -0.4 is 10.9 Å². The number of aliphatic hydroxyl groups is 1. The van der Waals surface area contributed by atoms with E-state index in [0.29, 0.717) is 57.6 Å². The summed E-state index contributed by atoms with van der Waals surface area (Å²) in [6.07, 6.45) is 1.70. The third-order valence-corrected chi connectivity index (χ3v) is 5.98. The molecule has 2 fully saturated rings. The number of nitrogens with one attached hydrogen (secondary N) is 2. The zero-order chi connectivity index (χ0) is 20.4. The second-order valence-electron chi connectivity index (χ2n) is 7.94. The van der Waals surface area contributed by atoms with Gasteiger partial charge in [-0.15, -0.1) is 0 Å². The number of ether oxygens (including phenoxy) is 1.